The number of rotatable bonds is 5. The summed E-state index contributed by atoms with van der Waals surface area (Å²) in [4.78, 5) is -0.713. The molecule has 0 saturated heterocycles. The van der Waals surface area contributed by atoms with Gasteiger partial charge in [-0.25, -0.2) is 8.42 Å². The molecule has 0 heterocycles. The molecule has 3 aromatic carbocycles. The van der Waals surface area contributed by atoms with Gasteiger partial charge < -0.3 is 4.55 Å². The summed E-state index contributed by atoms with van der Waals surface area (Å²) in [6, 6.07) is 17.5. The van der Waals surface area contributed by atoms with Crippen LogP contribution in [0.2, 0.25) is 0 Å². The second-order valence-electron chi connectivity index (χ2n) is 6.54. The summed E-state index contributed by atoms with van der Waals surface area (Å²) in [5.74, 6) is 0. The molecule has 0 spiro atoms. The van der Waals surface area contributed by atoms with Gasteiger partial charge in [0, 0.05) is 10.6 Å². The molecule has 6 nitrogen and oxygen atoms in total. The summed E-state index contributed by atoms with van der Waals surface area (Å²) < 4.78 is 69.8. The predicted molar refractivity (Wildman–Crippen MR) is 112 cm³/mol. The van der Waals surface area contributed by atoms with Gasteiger partial charge in [-0.15, -0.1) is 0 Å². The fourth-order valence-corrected chi connectivity index (χ4v) is 7.90. The standard InChI is InChI=1S/C20H19O6PS2.Li/c1-14-8-10-19(28(21,22)23)17(12-14)27(16-6-4-3-5-7-16)18-13-15(2)9-11-20(18)29(24,25)26;/h3-13H,1-2H3,(H,21,22,23)(H,24,25,26);/q;+1/p-1. The summed E-state index contributed by atoms with van der Waals surface area (Å²) in [6.45, 7) is 3.51. The van der Waals surface area contributed by atoms with E-state index < -0.39 is 33.1 Å². The van der Waals surface area contributed by atoms with Gasteiger partial charge in [-0.2, -0.15) is 8.42 Å². The Kier molecular flexibility index (Phi) is 7.71. The van der Waals surface area contributed by atoms with Crippen LogP contribution in [0.4, 0.5) is 0 Å². The fourth-order valence-electron chi connectivity index (χ4n) is 3.02. The van der Waals surface area contributed by atoms with Crippen molar-refractivity contribution in [1.82, 2.24) is 0 Å². The van der Waals surface area contributed by atoms with E-state index in [0.29, 0.717) is 5.30 Å². The molecular weight excluding hydrogens is 438 g/mol. The van der Waals surface area contributed by atoms with Crippen LogP contribution in [-0.4, -0.2) is 25.9 Å². The number of aryl methyl sites for hydroxylation is 2. The van der Waals surface area contributed by atoms with Crippen LogP contribution in [0.5, 0.6) is 0 Å². The van der Waals surface area contributed by atoms with E-state index in [-0.39, 0.29) is 34.4 Å². The van der Waals surface area contributed by atoms with Crippen molar-refractivity contribution in [3.63, 3.8) is 0 Å². The molecular formula is C20H18LiO6PS2. The first-order chi connectivity index (χ1) is 13.5. The molecule has 0 amide bonds. The zero-order valence-corrected chi connectivity index (χ0v) is 19.1. The first-order valence-electron chi connectivity index (χ1n) is 8.48. The minimum atomic E-state index is -4.82. The summed E-state index contributed by atoms with van der Waals surface area (Å²) in [6.07, 6.45) is 0. The normalized spacial score (nSPS) is 12.8. The summed E-state index contributed by atoms with van der Waals surface area (Å²) in [5, 5.41) is 1.12. The molecule has 0 saturated carbocycles. The van der Waals surface area contributed by atoms with Gasteiger partial charge in [0.05, 0.1) is 4.90 Å². The van der Waals surface area contributed by atoms with Gasteiger partial charge in [-0.05, 0) is 51.3 Å². The molecule has 3 rings (SSSR count). The maximum atomic E-state index is 12.1. The van der Waals surface area contributed by atoms with Crippen molar-refractivity contribution in [2.45, 2.75) is 23.6 Å². The first-order valence-corrected chi connectivity index (χ1v) is 12.7. The second kappa shape index (κ2) is 9.33. The molecule has 0 aliphatic rings. The molecule has 1 unspecified atom stereocenters. The Morgan fingerprint density at radius 3 is 1.70 bits per heavy atom. The predicted octanol–water partition coefficient (Wildman–Crippen LogP) is -0.784. The van der Waals surface area contributed by atoms with Crippen molar-refractivity contribution in [3.8, 4) is 0 Å². The van der Waals surface area contributed by atoms with Gasteiger partial charge in [0.1, 0.15) is 15.0 Å². The summed E-state index contributed by atoms with van der Waals surface area (Å²) in [7, 11) is -11.2. The van der Waals surface area contributed by atoms with Crippen LogP contribution in [0, 0.1) is 13.8 Å². The molecule has 0 radical (unpaired) electrons. The summed E-state index contributed by atoms with van der Waals surface area (Å²) in [5.41, 5.74) is 1.45. The van der Waals surface area contributed by atoms with Crippen molar-refractivity contribution >= 4 is 44.1 Å². The molecule has 0 fully saturated rings. The molecule has 1 N–H and O–H groups in total. The van der Waals surface area contributed by atoms with Crippen LogP contribution in [0.25, 0.3) is 0 Å². The Balaban J connectivity index is 0.00000320. The van der Waals surface area contributed by atoms with Gasteiger partial charge in [-0.1, -0.05) is 53.6 Å². The minimum Gasteiger partial charge on any atom is -0.744 e. The third-order valence-electron chi connectivity index (χ3n) is 4.27. The van der Waals surface area contributed by atoms with Gasteiger partial charge in [0.2, 0.25) is 0 Å². The Morgan fingerprint density at radius 2 is 1.23 bits per heavy atom. The summed E-state index contributed by atoms with van der Waals surface area (Å²) >= 11 is 0. The second-order valence-corrected chi connectivity index (χ2v) is 11.4. The third kappa shape index (κ3) is 5.40. The largest absolute Gasteiger partial charge is 1.00 e. The van der Waals surface area contributed by atoms with E-state index in [9.17, 15) is 25.9 Å². The van der Waals surface area contributed by atoms with E-state index in [0.717, 1.165) is 11.1 Å². The molecule has 0 aliphatic heterocycles. The van der Waals surface area contributed by atoms with E-state index in [4.69, 9.17) is 0 Å². The van der Waals surface area contributed by atoms with Crippen molar-refractivity contribution in [3.05, 3.63) is 77.9 Å². The minimum absolute atomic E-state index is 0. The maximum Gasteiger partial charge on any atom is 1.00 e. The van der Waals surface area contributed by atoms with E-state index >= 15 is 0 Å². The Bertz CT molecular complexity index is 1190. The van der Waals surface area contributed by atoms with Crippen LogP contribution in [0.1, 0.15) is 11.1 Å². The zero-order chi connectivity index (χ0) is 21.4. The number of benzene rings is 3. The van der Waals surface area contributed by atoms with E-state index in [1.54, 1.807) is 62.4 Å². The Morgan fingerprint density at radius 1 is 0.767 bits per heavy atom. The van der Waals surface area contributed by atoms with Crippen LogP contribution < -0.4 is 34.8 Å². The maximum absolute atomic E-state index is 12.1. The Hall–Kier alpha value is -1.49. The average molecular weight is 456 g/mol. The van der Waals surface area contributed by atoms with Crippen molar-refractivity contribution in [1.29, 1.82) is 0 Å². The van der Waals surface area contributed by atoms with Gasteiger partial charge in [-0.3, -0.25) is 4.55 Å². The molecule has 0 aromatic heterocycles. The molecule has 10 heteroatoms. The Labute approximate surface area is 189 Å². The van der Waals surface area contributed by atoms with E-state index in [2.05, 4.69) is 0 Å². The zero-order valence-electron chi connectivity index (χ0n) is 16.6. The third-order valence-corrected chi connectivity index (χ3v) is 8.90. The van der Waals surface area contributed by atoms with Gasteiger partial charge in [0.15, 0.2) is 0 Å². The van der Waals surface area contributed by atoms with Gasteiger partial charge in [0.25, 0.3) is 10.1 Å². The van der Waals surface area contributed by atoms with Crippen molar-refractivity contribution in [2.75, 3.05) is 0 Å². The fraction of sp³-hybridized carbons (Fsp3) is 0.100. The molecule has 30 heavy (non-hydrogen) atoms. The first kappa shape index (κ1) is 24.8. The average Bonchev–Trinajstić information content (AvgIpc) is 2.61. The van der Waals surface area contributed by atoms with Crippen LogP contribution in [0.15, 0.2) is 76.5 Å². The van der Waals surface area contributed by atoms with Crippen molar-refractivity contribution < 1.29 is 44.8 Å². The van der Waals surface area contributed by atoms with Crippen LogP contribution >= 0.6 is 7.92 Å². The number of hydrogen-bond donors (Lipinski definition) is 1. The number of hydrogen-bond acceptors (Lipinski definition) is 5. The molecule has 3 aromatic rings. The topological polar surface area (TPSA) is 112 Å². The molecule has 0 aliphatic carbocycles. The van der Waals surface area contributed by atoms with Gasteiger partial charge >= 0.3 is 18.9 Å². The monoisotopic (exact) mass is 456 g/mol. The van der Waals surface area contributed by atoms with Crippen LogP contribution in [-0.2, 0) is 20.2 Å². The molecule has 1 atom stereocenters. The van der Waals surface area contributed by atoms with Crippen LogP contribution in [0.3, 0.4) is 0 Å². The van der Waals surface area contributed by atoms with E-state index in [1.165, 1.54) is 18.2 Å². The van der Waals surface area contributed by atoms with Crippen molar-refractivity contribution in [2.24, 2.45) is 0 Å². The van der Waals surface area contributed by atoms with E-state index in [1.807, 2.05) is 0 Å². The molecule has 0 bridgehead atoms. The smallest absolute Gasteiger partial charge is 0.744 e. The quantitative estimate of drug-likeness (QED) is 0.306. The molecule has 152 valence electrons. The SMILES string of the molecule is Cc1ccc(S(=O)(=O)[O-])c(P(c2ccccc2)c2cc(C)ccc2S(=O)(=O)O)c1.[Li+].